The number of benzene rings is 12. The third kappa shape index (κ3) is 5.69. The van der Waals surface area contributed by atoms with Crippen molar-refractivity contribution >= 4 is 97.5 Å². The zero-order valence-electron chi connectivity index (χ0n) is 37.8. The Morgan fingerprint density at radius 1 is 0.257 bits per heavy atom. The Labute approximate surface area is 401 Å². The molecule has 12 aromatic carbocycles. The Morgan fingerprint density at radius 3 is 1.50 bits per heavy atom. The molecule has 0 aliphatic carbocycles. The van der Waals surface area contributed by atoms with Gasteiger partial charge in [-0.2, -0.15) is 0 Å². The van der Waals surface area contributed by atoms with Crippen LogP contribution in [0.25, 0.3) is 143 Å². The van der Waals surface area contributed by atoms with E-state index < -0.39 is 0 Å². The average molecular weight is 890 g/mol. The van der Waals surface area contributed by atoms with Crippen molar-refractivity contribution in [2.75, 3.05) is 0 Å². The fourth-order valence-electron chi connectivity index (χ4n) is 11.4. The van der Waals surface area contributed by atoms with E-state index in [1.54, 1.807) is 0 Å². The lowest BCUT2D eigenvalue weighted by Crippen LogP contribution is -2.02. The van der Waals surface area contributed by atoms with Crippen LogP contribution in [0.4, 0.5) is 0 Å². The maximum atomic E-state index is 5.41. The summed E-state index contributed by atoms with van der Waals surface area (Å²) in [4.78, 5) is 15.9. The Kier molecular flexibility index (Phi) is 8.29. The van der Waals surface area contributed by atoms with Gasteiger partial charge < -0.3 is 9.13 Å². The highest BCUT2D eigenvalue weighted by Gasteiger charge is 2.25. The van der Waals surface area contributed by atoms with E-state index in [4.69, 9.17) is 15.0 Å². The first-order chi connectivity index (χ1) is 34.7. The van der Waals surface area contributed by atoms with Gasteiger partial charge in [-0.15, -0.1) is 0 Å². The minimum absolute atomic E-state index is 0.623. The maximum absolute atomic E-state index is 5.41. The van der Waals surface area contributed by atoms with Gasteiger partial charge in [0.2, 0.25) is 0 Å². The molecular weight excluding hydrogens is 851 g/mol. The molecule has 0 spiro atoms. The molecule has 0 fully saturated rings. The number of hydrogen-bond acceptors (Lipinski definition) is 3. The summed E-state index contributed by atoms with van der Waals surface area (Å²) in [5, 5.41) is 16.5. The van der Waals surface area contributed by atoms with Crippen LogP contribution in [0.15, 0.2) is 237 Å². The second kappa shape index (κ2) is 15.0. The van der Waals surface area contributed by atoms with Crippen molar-refractivity contribution in [3.8, 4) is 45.5 Å². The Hall–Kier alpha value is -9.45. The van der Waals surface area contributed by atoms with Crippen molar-refractivity contribution in [3.63, 3.8) is 0 Å². The smallest absolute Gasteiger partial charge is 0.164 e. The third-order valence-electron chi connectivity index (χ3n) is 14.5. The normalized spacial score (nSPS) is 12.0. The lowest BCUT2D eigenvalue weighted by atomic mass is 9.96. The molecule has 3 heterocycles. The highest BCUT2D eigenvalue weighted by atomic mass is 15.0. The van der Waals surface area contributed by atoms with Gasteiger partial charge in [0.25, 0.3) is 0 Å². The van der Waals surface area contributed by atoms with E-state index >= 15 is 0 Å². The van der Waals surface area contributed by atoms with Crippen molar-refractivity contribution < 1.29 is 0 Å². The summed E-state index contributed by atoms with van der Waals surface area (Å²) < 4.78 is 5.01. The molecule has 0 aliphatic rings. The fourth-order valence-corrected chi connectivity index (χ4v) is 11.4. The van der Waals surface area contributed by atoms with Gasteiger partial charge in [0.05, 0.1) is 33.4 Å². The fraction of sp³-hybridized carbons (Fsp3) is 0. The Morgan fingerprint density at radius 2 is 0.757 bits per heavy atom. The minimum Gasteiger partial charge on any atom is -0.309 e. The highest BCUT2D eigenvalue weighted by molar-refractivity contribution is 6.23. The molecule has 0 N–H and O–H groups in total. The zero-order valence-corrected chi connectivity index (χ0v) is 37.8. The number of nitrogens with zero attached hydrogens (tertiary/aromatic N) is 5. The van der Waals surface area contributed by atoms with Gasteiger partial charge >= 0.3 is 0 Å². The molecule has 70 heavy (non-hydrogen) atoms. The summed E-state index contributed by atoms with van der Waals surface area (Å²) in [5.41, 5.74) is 9.74. The third-order valence-corrected chi connectivity index (χ3v) is 14.5. The summed E-state index contributed by atoms with van der Waals surface area (Å²) in [5.74, 6) is 1.89. The van der Waals surface area contributed by atoms with Crippen LogP contribution in [-0.2, 0) is 0 Å². The molecule has 0 radical (unpaired) electrons. The highest BCUT2D eigenvalue weighted by Crippen LogP contribution is 2.46. The van der Waals surface area contributed by atoms with E-state index in [0.29, 0.717) is 17.5 Å². The predicted molar refractivity (Wildman–Crippen MR) is 292 cm³/mol. The second-order valence-electron chi connectivity index (χ2n) is 18.3. The number of fused-ring (bicyclic) bond motifs is 12. The van der Waals surface area contributed by atoms with E-state index in [-0.39, 0.29) is 0 Å². The summed E-state index contributed by atoms with van der Waals surface area (Å²) in [6, 6.07) is 85.3. The first-order valence-corrected chi connectivity index (χ1v) is 23.9. The number of aromatic nitrogens is 5. The first-order valence-electron chi connectivity index (χ1n) is 23.9. The molecule has 0 atom stereocenters. The van der Waals surface area contributed by atoms with Crippen LogP contribution in [-0.4, -0.2) is 24.1 Å². The van der Waals surface area contributed by atoms with Gasteiger partial charge in [-0.25, -0.2) is 15.0 Å². The van der Waals surface area contributed by atoms with Crippen molar-refractivity contribution in [3.05, 3.63) is 237 Å². The molecule has 0 saturated heterocycles. The monoisotopic (exact) mass is 889 g/mol. The topological polar surface area (TPSA) is 48.5 Å². The quantitative estimate of drug-likeness (QED) is 0.162. The van der Waals surface area contributed by atoms with Crippen LogP contribution in [0.2, 0.25) is 0 Å². The van der Waals surface area contributed by atoms with E-state index in [1.165, 1.54) is 70.6 Å². The van der Waals surface area contributed by atoms with E-state index in [9.17, 15) is 0 Å². The van der Waals surface area contributed by atoms with Crippen LogP contribution in [0.3, 0.4) is 0 Å². The van der Waals surface area contributed by atoms with Crippen LogP contribution >= 0.6 is 0 Å². The molecular formula is C65H39N5. The van der Waals surface area contributed by atoms with Crippen LogP contribution < -0.4 is 0 Å². The van der Waals surface area contributed by atoms with Crippen molar-refractivity contribution in [1.29, 1.82) is 0 Å². The summed E-state index contributed by atoms with van der Waals surface area (Å²) in [6.45, 7) is 0. The zero-order chi connectivity index (χ0) is 45.9. The van der Waals surface area contributed by atoms with E-state index in [2.05, 4.69) is 228 Å². The lowest BCUT2D eigenvalue weighted by Gasteiger charge is -2.17. The first kappa shape index (κ1) is 38.6. The van der Waals surface area contributed by atoms with Crippen LogP contribution in [0.1, 0.15) is 0 Å². The molecule has 3 aromatic heterocycles. The largest absolute Gasteiger partial charge is 0.309 e. The van der Waals surface area contributed by atoms with Gasteiger partial charge in [-0.05, 0) is 91.6 Å². The number of hydrogen-bond donors (Lipinski definition) is 0. The summed E-state index contributed by atoms with van der Waals surface area (Å²) in [7, 11) is 0. The van der Waals surface area contributed by atoms with Gasteiger partial charge in [0.1, 0.15) is 0 Å². The maximum Gasteiger partial charge on any atom is 0.164 e. The summed E-state index contributed by atoms with van der Waals surface area (Å²) in [6.07, 6.45) is 0. The molecule has 5 heteroatoms. The SMILES string of the molecule is c1ccc(-c2nc(-c3ccc(-n4c5ccccc5c5c(-n6c7ccccc7c7cc8ccccc8cc76)c6ccccc6cc54)c4ccccc34)nc(-c3cc4ccccc4c4ccccc34)n2)cc1. The molecule has 324 valence electrons. The molecule has 0 bridgehead atoms. The molecule has 0 amide bonds. The van der Waals surface area contributed by atoms with Crippen LogP contribution in [0.5, 0.6) is 0 Å². The number of rotatable bonds is 5. The second-order valence-corrected chi connectivity index (χ2v) is 18.3. The molecule has 0 saturated carbocycles. The van der Waals surface area contributed by atoms with Gasteiger partial charge in [0.15, 0.2) is 17.5 Å². The van der Waals surface area contributed by atoms with Crippen molar-refractivity contribution in [2.45, 2.75) is 0 Å². The van der Waals surface area contributed by atoms with Gasteiger partial charge in [-0.1, -0.05) is 188 Å². The Bertz CT molecular complexity index is 4660. The van der Waals surface area contributed by atoms with Gasteiger partial charge in [-0.3, -0.25) is 0 Å². The van der Waals surface area contributed by atoms with Crippen molar-refractivity contribution in [1.82, 2.24) is 24.1 Å². The standard InChI is InChI=1S/C65H39N5/c1-2-18-40(19-3-1)63-66-64(68-65(67-63)55-37-43-22-6-8-24-45(43)47-26-10-11-27-48(47)55)52-34-35-58(50-29-13-12-28-49(50)52)69-57-33-17-15-31-53(57)61-60(69)39-44-23-7-9-25-46(44)62(61)70-56-32-16-14-30-51(56)54-36-41-20-4-5-21-42(41)38-59(54)70/h1-39H. The predicted octanol–water partition coefficient (Wildman–Crippen LogP) is 16.8. The molecule has 0 aliphatic heterocycles. The average Bonchev–Trinajstić information content (AvgIpc) is 3.93. The van der Waals surface area contributed by atoms with Crippen molar-refractivity contribution in [2.24, 2.45) is 0 Å². The Balaban J connectivity index is 1.01. The van der Waals surface area contributed by atoms with Crippen LogP contribution in [0, 0.1) is 0 Å². The minimum atomic E-state index is 0.623. The lowest BCUT2D eigenvalue weighted by molar-refractivity contribution is 1.08. The molecule has 0 unspecified atom stereocenters. The molecule has 5 nitrogen and oxygen atoms in total. The molecule has 15 rings (SSSR count). The number of para-hydroxylation sites is 2. The van der Waals surface area contributed by atoms with E-state index in [1.807, 2.05) is 18.2 Å². The molecule has 15 aromatic rings. The summed E-state index contributed by atoms with van der Waals surface area (Å²) >= 11 is 0. The van der Waals surface area contributed by atoms with E-state index in [0.717, 1.165) is 55.0 Å². The van der Waals surface area contributed by atoms with Gasteiger partial charge in [0, 0.05) is 49.0 Å².